The van der Waals surface area contributed by atoms with Gasteiger partial charge in [-0.1, -0.05) is 20.3 Å². The summed E-state index contributed by atoms with van der Waals surface area (Å²) < 4.78 is 5.12. The molecule has 0 heterocycles. The quantitative estimate of drug-likeness (QED) is 0.843. The molecule has 0 saturated carbocycles. The van der Waals surface area contributed by atoms with Gasteiger partial charge >= 0.3 is 0 Å². The van der Waals surface area contributed by atoms with E-state index >= 15 is 0 Å². The van der Waals surface area contributed by atoms with E-state index < -0.39 is 6.04 Å². The zero-order valence-corrected chi connectivity index (χ0v) is 11.5. The number of carbonyl (C=O) groups excluding carboxylic acids is 1. The Labute approximate surface area is 109 Å². The third-order valence-electron chi connectivity index (χ3n) is 3.25. The molecule has 0 bridgehead atoms. The largest absolute Gasteiger partial charge is 0.497 e. The first kappa shape index (κ1) is 14.5. The van der Waals surface area contributed by atoms with Gasteiger partial charge in [0, 0.05) is 5.69 Å². The molecule has 4 nitrogen and oxygen atoms in total. The molecule has 100 valence electrons. The minimum Gasteiger partial charge on any atom is -0.497 e. The maximum Gasteiger partial charge on any atom is 0.241 e. The van der Waals surface area contributed by atoms with E-state index in [1.807, 2.05) is 39.0 Å². The molecule has 0 aliphatic heterocycles. The fourth-order valence-corrected chi connectivity index (χ4v) is 1.63. The number of nitrogens with two attached hydrogens (primary N) is 1. The number of anilines is 1. The van der Waals surface area contributed by atoms with Gasteiger partial charge in [0.05, 0.1) is 13.2 Å². The van der Waals surface area contributed by atoms with Crippen LogP contribution in [0.15, 0.2) is 18.2 Å². The van der Waals surface area contributed by atoms with Crippen molar-refractivity contribution in [2.45, 2.75) is 33.2 Å². The number of aryl methyl sites for hydroxylation is 1. The Bertz CT molecular complexity index is 418. The van der Waals surface area contributed by atoms with Gasteiger partial charge < -0.3 is 15.8 Å². The fraction of sp³-hybridized carbons (Fsp3) is 0.500. The number of carbonyl (C=O) groups is 1. The molecular formula is C14H22N2O2. The van der Waals surface area contributed by atoms with Gasteiger partial charge in [-0.05, 0) is 36.6 Å². The van der Waals surface area contributed by atoms with E-state index in [1.54, 1.807) is 7.11 Å². The summed E-state index contributed by atoms with van der Waals surface area (Å²) in [5.41, 5.74) is 7.62. The van der Waals surface area contributed by atoms with Crippen molar-refractivity contribution in [3.8, 4) is 5.75 Å². The number of rotatable bonds is 5. The van der Waals surface area contributed by atoms with Crippen LogP contribution in [0.1, 0.15) is 25.8 Å². The van der Waals surface area contributed by atoms with Gasteiger partial charge in [-0.2, -0.15) is 0 Å². The van der Waals surface area contributed by atoms with E-state index in [2.05, 4.69) is 5.32 Å². The third-order valence-corrected chi connectivity index (χ3v) is 3.25. The van der Waals surface area contributed by atoms with Gasteiger partial charge in [-0.25, -0.2) is 0 Å². The highest BCUT2D eigenvalue weighted by atomic mass is 16.5. The number of methoxy groups -OCH3 is 1. The first-order valence-electron chi connectivity index (χ1n) is 6.20. The van der Waals surface area contributed by atoms with Crippen molar-refractivity contribution < 1.29 is 9.53 Å². The van der Waals surface area contributed by atoms with Gasteiger partial charge in [0.15, 0.2) is 0 Å². The van der Waals surface area contributed by atoms with Crippen LogP contribution in [0.5, 0.6) is 5.75 Å². The van der Waals surface area contributed by atoms with Gasteiger partial charge in [0.25, 0.3) is 0 Å². The molecule has 0 aromatic heterocycles. The number of hydrogen-bond donors (Lipinski definition) is 2. The lowest BCUT2D eigenvalue weighted by Gasteiger charge is -2.18. The molecule has 4 heteroatoms. The number of amides is 1. The van der Waals surface area contributed by atoms with Crippen LogP contribution in [-0.2, 0) is 4.79 Å². The zero-order valence-electron chi connectivity index (χ0n) is 11.5. The second kappa shape index (κ2) is 6.40. The summed E-state index contributed by atoms with van der Waals surface area (Å²) in [5.74, 6) is 0.804. The maximum atomic E-state index is 12.0. The van der Waals surface area contributed by atoms with Crippen molar-refractivity contribution in [1.82, 2.24) is 0 Å². The van der Waals surface area contributed by atoms with Gasteiger partial charge in [-0.3, -0.25) is 4.79 Å². The molecule has 0 aliphatic rings. The summed E-state index contributed by atoms with van der Waals surface area (Å²) in [6.45, 7) is 5.93. The van der Waals surface area contributed by atoms with Crippen LogP contribution < -0.4 is 15.8 Å². The lowest BCUT2D eigenvalue weighted by Crippen LogP contribution is -2.40. The molecule has 0 radical (unpaired) electrons. The van der Waals surface area contributed by atoms with Crippen molar-refractivity contribution in [3.05, 3.63) is 23.8 Å². The molecule has 2 unspecified atom stereocenters. The Morgan fingerprint density at radius 1 is 1.50 bits per heavy atom. The number of benzene rings is 1. The predicted molar refractivity (Wildman–Crippen MR) is 73.8 cm³/mol. The standard InChI is InChI=1S/C14H22N2O2/c1-5-9(2)13(15)14(17)16-12-7-6-11(18-4)8-10(12)3/h6-9,13H,5,15H2,1-4H3,(H,16,17). The van der Waals surface area contributed by atoms with Gasteiger partial charge in [0.1, 0.15) is 5.75 Å². The maximum absolute atomic E-state index is 12.0. The summed E-state index contributed by atoms with van der Waals surface area (Å²) in [5, 5.41) is 2.86. The fourth-order valence-electron chi connectivity index (χ4n) is 1.63. The topological polar surface area (TPSA) is 64.4 Å². The highest BCUT2D eigenvalue weighted by Crippen LogP contribution is 2.21. The lowest BCUT2D eigenvalue weighted by atomic mass is 9.99. The number of ether oxygens (including phenoxy) is 1. The van der Waals surface area contributed by atoms with Crippen LogP contribution in [0.4, 0.5) is 5.69 Å². The Balaban J connectivity index is 2.76. The highest BCUT2D eigenvalue weighted by Gasteiger charge is 2.19. The molecule has 1 aromatic carbocycles. The van der Waals surface area contributed by atoms with Crippen LogP contribution in [0.3, 0.4) is 0 Å². The molecule has 1 amide bonds. The van der Waals surface area contributed by atoms with Crippen molar-refractivity contribution >= 4 is 11.6 Å². The van der Waals surface area contributed by atoms with Crippen LogP contribution in [0.25, 0.3) is 0 Å². The van der Waals surface area contributed by atoms with Crippen LogP contribution in [-0.4, -0.2) is 19.1 Å². The van der Waals surface area contributed by atoms with Gasteiger partial charge in [-0.15, -0.1) is 0 Å². The molecule has 2 atom stereocenters. The van der Waals surface area contributed by atoms with Crippen molar-refractivity contribution in [1.29, 1.82) is 0 Å². The van der Waals surface area contributed by atoms with Crippen LogP contribution in [0, 0.1) is 12.8 Å². The highest BCUT2D eigenvalue weighted by molar-refractivity contribution is 5.95. The molecule has 18 heavy (non-hydrogen) atoms. The monoisotopic (exact) mass is 250 g/mol. The summed E-state index contributed by atoms with van der Waals surface area (Å²) >= 11 is 0. The SMILES string of the molecule is CCC(C)C(N)C(=O)Nc1ccc(OC)cc1C. The minimum absolute atomic E-state index is 0.141. The average Bonchev–Trinajstić information content (AvgIpc) is 2.38. The molecule has 0 saturated heterocycles. The molecule has 1 rings (SSSR count). The minimum atomic E-state index is -0.475. The summed E-state index contributed by atoms with van der Waals surface area (Å²) in [6, 6.07) is 5.05. The normalized spacial score (nSPS) is 13.8. The second-order valence-electron chi connectivity index (χ2n) is 4.58. The smallest absolute Gasteiger partial charge is 0.241 e. The number of nitrogens with one attached hydrogen (secondary N) is 1. The van der Waals surface area contributed by atoms with Crippen molar-refractivity contribution in [2.24, 2.45) is 11.7 Å². The first-order valence-corrected chi connectivity index (χ1v) is 6.20. The first-order chi connectivity index (χ1) is 8.49. The van der Waals surface area contributed by atoms with Crippen molar-refractivity contribution in [2.75, 3.05) is 12.4 Å². The Hall–Kier alpha value is -1.55. The summed E-state index contributed by atoms with van der Waals surface area (Å²) in [4.78, 5) is 12.0. The average molecular weight is 250 g/mol. The Morgan fingerprint density at radius 3 is 2.67 bits per heavy atom. The molecule has 1 aromatic rings. The summed E-state index contributed by atoms with van der Waals surface area (Å²) in [6.07, 6.45) is 0.885. The third kappa shape index (κ3) is 3.47. The molecule has 0 aliphatic carbocycles. The number of hydrogen-bond acceptors (Lipinski definition) is 3. The molecular weight excluding hydrogens is 228 g/mol. The van der Waals surface area contributed by atoms with E-state index in [9.17, 15) is 4.79 Å². The Morgan fingerprint density at radius 2 is 2.17 bits per heavy atom. The molecule has 0 fully saturated rings. The van der Waals surface area contributed by atoms with E-state index in [-0.39, 0.29) is 11.8 Å². The van der Waals surface area contributed by atoms with Crippen molar-refractivity contribution in [3.63, 3.8) is 0 Å². The second-order valence-corrected chi connectivity index (χ2v) is 4.58. The van der Waals surface area contributed by atoms with E-state index in [0.29, 0.717) is 0 Å². The molecule has 3 N–H and O–H groups in total. The Kier molecular flexibility index (Phi) is 5.16. The lowest BCUT2D eigenvalue weighted by molar-refractivity contribution is -0.118. The predicted octanol–water partition coefficient (Wildman–Crippen LogP) is 2.32. The zero-order chi connectivity index (χ0) is 13.7. The van der Waals surface area contributed by atoms with E-state index in [0.717, 1.165) is 23.4 Å². The van der Waals surface area contributed by atoms with E-state index in [1.165, 1.54) is 0 Å². The van der Waals surface area contributed by atoms with E-state index in [4.69, 9.17) is 10.5 Å². The van der Waals surface area contributed by atoms with Crippen LogP contribution in [0.2, 0.25) is 0 Å². The van der Waals surface area contributed by atoms with Crippen LogP contribution >= 0.6 is 0 Å². The molecule has 0 spiro atoms. The van der Waals surface area contributed by atoms with Gasteiger partial charge in [0.2, 0.25) is 5.91 Å². The summed E-state index contributed by atoms with van der Waals surface area (Å²) in [7, 11) is 1.62.